The van der Waals surface area contributed by atoms with Crippen LogP contribution >= 0.6 is 0 Å². The van der Waals surface area contributed by atoms with E-state index in [-0.39, 0.29) is 34.8 Å². The van der Waals surface area contributed by atoms with Crippen molar-refractivity contribution in [2.24, 2.45) is 0 Å². The van der Waals surface area contributed by atoms with E-state index in [1.54, 1.807) is 19.1 Å². The molecule has 0 fully saturated rings. The van der Waals surface area contributed by atoms with Gasteiger partial charge in [0.15, 0.2) is 11.5 Å². The van der Waals surface area contributed by atoms with Crippen LogP contribution in [0.1, 0.15) is 12.6 Å². The highest BCUT2D eigenvalue weighted by Gasteiger charge is 2.26. The number of aryl methyl sites for hydroxylation is 1. The molecule has 3 aromatic rings. The first-order valence-electron chi connectivity index (χ1n) is 10.7. The fourth-order valence-electron chi connectivity index (χ4n) is 3.27. The van der Waals surface area contributed by atoms with Crippen LogP contribution in [0.15, 0.2) is 59.6 Å². The van der Waals surface area contributed by atoms with Crippen molar-refractivity contribution >= 4 is 43.3 Å². The predicted molar refractivity (Wildman–Crippen MR) is 132 cm³/mol. The van der Waals surface area contributed by atoms with Crippen molar-refractivity contribution < 1.29 is 31.1 Å². The molecule has 4 rings (SSSR count). The Morgan fingerprint density at radius 3 is 2.44 bits per heavy atom. The van der Waals surface area contributed by atoms with Crippen molar-refractivity contribution in [1.29, 1.82) is 0 Å². The minimum Gasteiger partial charge on any atom is -0.454 e. The Bertz CT molecular complexity index is 1490. The molecule has 36 heavy (non-hydrogen) atoms. The molecule has 190 valence electrons. The zero-order chi connectivity index (χ0) is 25.9. The van der Waals surface area contributed by atoms with E-state index in [2.05, 4.69) is 20.0 Å². The largest absolute Gasteiger partial charge is 0.454 e. The van der Waals surface area contributed by atoms with Gasteiger partial charge in [-0.25, -0.2) is 31.5 Å². The van der Waals surface area contributed by atoms with E-state index in [1.165, 1.54) is 49.5 Å². The van der Waals surface area contributed by atoms with Crippen LogP contribution in [-0.2, 0) is 24.8 Å². The number of ether oxygens (including phenoxy) is 2. The standard InChI is InChI=1S/C22H23N5O7S2/c1-3-35(29,30)27(17-6-9-19-20(12-17)34-14-33-19)13-21(28)25-16-4-7-18(8-5-16)36(31,32)26-22-23-11-10-15(2)24-22/h4-12H,3,13-14H2,1-2H3,(H,25,28)(H,23,24,26). The zero-order valence-corrected chi connectivity index (χ0v) is 21.0. The highest BCUT2D eigenvalue weighted by molar-refractivity contribution is 7.93. The molecule has 2 heterocycles. The Labute approximate surface area is 208 Å². The monoisotopic (exact) mass is 533 g/mol. The van der Waals surface area contributed by atoms with Gasteiger partial charge in [-0.15, -0.1) is 0 Å². The molecular formula is C22H23N5O7S2. The number of carbonyl (C=O) groups is 1. The summed E-state index contributed by atoms with van der Waals surface area (Å²) in [5, 5.41) is 2.59. The Balaban J connectivity index is 1.47. The summed E-state index contributed by atoms with van der Waals surface area (Å²) in [4.78, 5) is 20.5. The van der Waals surface area contributed by atoms with Crippen molar-refractivity contribution in [2.45, 2.75) is 18.7 Å². The maximum absolute atomic E-state index is 12.7. The topological polar surface area (TPSA) is 157 Å². The maximum Gasteiger partial charge on any atom is 0.264 e. The average Bonchev–Trinajstić information content (AvgIpc) is 3.30. The molecule has 0 saturated heterocycles. The van der Waals surface area contributed by atoms with Crippen LogP contribution in [0.5, 0.6) is 11.5 Å². The van der Waals surface area contributed by atoms with E-state index in [9.17, 15) is 21.6 Å². The number of nitrogens with one attached hydrogen (secondary N) is 2. The second-order valence-corrected chi connectivity index (χ2v) is 11.5. The number of anilines is 3. The third kappa shape index (κ3) is 5.66. The summed E-state index contributed by atoms with van der Waals surface area (Å²) in [7, 11) is -7.76. The Morgan fingerprint density at radius 1 is 1.03 bits per heavy atom. The molecule has 1 aliphatic rings. The minimum absolute atomic E-state index is 0.0268. The molecule has 0 radical (unpaired) electrons. The van der Waals surface area contributed by atoms with Crippen LogP contribution in [0.3, 0.4) is 0 Å². The van der Waals surface area contributed by atoms with Crippen molar-refractivity contribution in [3.8, 4) is 11.5 Å². The lowest BCUT2D eigenvalue weighted by Gasteiger charge is -2.23. The molecule has 1 aliphatic heterocycles. The molecule has 2 aromatic carbocycles. The van der Waals surface area contributed by atoms with Crippen LogP contribution in [-0.4, -0.2) is 51.8 Å². The molecule has 0 atom stereocenters. The lowest BCUT2D eigenvalue weighted by Crippen LogP contribution is -2.39. The lowest BCUT2D eigenvalue weighted by atomic mass is 10.2. The highest BCUT2D eigenvalue weighted by atomic mass is 32.2. The summed E-state index contributed by atoms with van der Waals surface area (Å²) in [6.07, 6.45) is 1.43. The Kier molecular flexibility index (Phi) is 6.99. The first-order valence-corrected chi connectivity index (χ1v) is 13.8. The van der Waals surface area contributed by atoms with Crippen LogP contribution in [0.4, 0.5) is 17.3 Å². The number of hydrogen-bond donors (Lipinski definition) is 2. The summed E-state index contributed by atoms with van der Waals surface area (Å²) in [5.41, 5.74) is 1.13. The van der Waals surface area contributed by atoms with Crippen LogP contribution in [0.2, 0.25) is 0 Å². The third-order valence-corrected chi connectivity index (χ3v) is 8.19. The van der Waals surface area contributed by atoms with E-state index in [4.69, 9.17) is 9.47 Å². The molecule has 0 saturated carbocycles. The van der Waals surface area contributed by atoms with Gasteiger partial charge >= 0.3 is 0 Å². The molecule has 1 aromatic heterocycles. The van der Waals surface area contributed by atoms with Crippen LogP contribution in [0, 0.1) is 6.92 Å². The molecule has 14 heteroatoms. The Morgan fingerprint density at radius 2 is 1.75 bits per heavy atom. The molecule has 2 N–H and O–H groups in total. The minimum atomic E-state index is -3.96. The number of nitrogens with zero attached hydrogens (tertiary/aromatic N) is 3. The van der Waals surface area contributed by atoms with Gasteiger partial charge in [0.2, 0.25) is 28.7 Å². The maximum atomic E-state index is 12.7. The first kappa shape index (κ1) is 25.2. The Hall–Kier alpha value is -3.91. The average molecular weight is 534 g/mol. The number of aromatic nitrogens is 2. The van der Waals surface area contributed by atoms with Gasteiger partial charge in [0.05, 0.1) is 16.3 Å². The van der Waals surface area contributed by atoms with E-state index in [0.29, 0.717) is 17.2 Å². The second-order valence-electron chi connectivity index (χ2n) is 7.64. The summed E-state index contributed by atoms with van der Waals surface area (Å²) in [6.45, 7) is 2.71. The highest BCUT2D eigenvalue weighted by Crippen LogP contribution is 2.36. The smallest absolute Gasteiger partial charge is 0.264 e. The van der Waals surface area contributed by atoms with E-state index < -0.39 is 32.5 Å². The van der Waals surface area contributed by atoms with E-state index in [0.717, 1.165) is 4.31 Å². The van der Waals surface area contributed by atoms with Gasteiger partial charge in [-0.1, -0.05) is 0 Å². The van der Waals surface area contributed by atoms with Gasteiger partial charge < -0.3 is 14.8 Å². The van der Waals surface area contributed by atoms with Gasteiger partial charge in [0.1, 0.15) is 6.54 Å². The fourth-order valence-corrected chi connectivity index (χ4v) is 5.28. The summed E-state index contributed by atoms with van der Waals surface area (Å²) in [5.74, 6) is -0.0419. The van der Waals surface area contributed by atoms with Crippen molar-refractivity contribution in [2.75, 3.05) is 33.4 Å². The number of rotatable bonds is 9. The number of sulfonamides is 2. The van der Waals surface area contributed by atoms with Gasteiger partial charge in [-0.2, -0.15) is 0 Å². The summed E-state index contributed by atoms with van der Waals surface area (Å²) >= 11 is 0. The van der Waals surface area contributed by atoms with Crippen molar-refractivity contribution in [3.63, 3.8) is 0 Å². The van der Waals surface area contributed by atoms with Gasteiger partial charge in [0.25, 0.3) is 10.0 Å². The van der Waals surface area contributed by atoms with Gasteiger partial charge in [-0.05, 0) is 56.3 Å². The summed E-state index contributed by atoms with van der Waals surface area (Å²) < 4.78 is 64.4. The zero-order valence-electron chi connectivity index (χ0n) is 19.3. The van der Waals surface area contributed by atoms with E-state index in [1.807, 2.05) is 0 Å². The second kappa shape index (κ2) is 9.99. The first-order chi connectivity index (χ1) is 17.1. The molecular weight excluding hydrogens is 510 g/mol. The molecule has 0 spiro atoms. The van der Waals surface area contributed by atoms with Gasteiger partial charge in [0, 0.05) is 23.6 Å². The number of benzene rings is 2. The van der Waals surface area contributed by atoms with Crippen molar-refractivity contribution in [3.05, 3.63) is 60.4 Å². The van der Waals surface area contributed by atoms with Crippen LogP contribution in [0.25, 0.3) is 0 Å². The normalized spacial score (nSPS) is 12.7. The number of amides is 1. The van der Waals surface area contributed by atoms with Gasteiger partial charge in [-0.3, -0.25) is 9.10 Å². The fraction of sp³-hybridized carbons (Fsp3) is 0.227. The molecule has 1 amide bonds. The number of hydrogen-bond acceptors (Lipinski definition) is 9. The molecule has 0 aliphatic carbocycles. The molecule has 0 unspecified atom stereocenters. The quantitative estimate of drug-likeness (QED) is 0.420. The van der Waals surface area contributed by atoms with E-state index >= 15 is 0 Å². The van der Waals surface area contributed by atoms with Crippen LogP contribution < -0.4 is 23.8 Å². The van der Waals surface area contributed by atoms with Crippen molar-refractivity contribution in [1.82, 2.24) is 9.97 Å². The molecule has 12 nitrogen and oxygen atoms in total. The molecule has 0 bridgehead atoms. The third-order valence-electron chi connectivity index (χ3n) is 5.10. The number of fused-ring (bicyclic) bond motifs is 1. The predicted octanol–water partition coefficient (Wildman–Crippen LogP) is 2.11. The lowest BCUT2D eigenvalue weighted by molar-refractivity contribution is -0.114. The SMILES string of the molecule is CCS(=O)(=O)N(CC(=O)Nc1ccc(S(=O)(=O)Nc2nccc(C)n2)cc1)c1ccc2c(c1)OCO2. The number of carbonyl (C=O) groups excluding carboxylic acids is 1. The summed E-state index contributed by atoms with van der Waals surface area (Å²) in [6, 6.07) is 11.6.